The first-order valence-electron chi connectivity index (χ1n) is 9.66. The average Bonchev–Trinajstić information content (AvgIpc) is 3.21. The topological polar surface area (TPSA) is 71.3 Å². The lowest BCUT2D eigenvalue weighted by atomic mass is 10.0. The van der Waals surface area contributed by atoms with Gasteiger partial charge in [0.1, 0.15) is 6.04 Å². The zero-order chi connectivity index (χ0) is 19.5. The van der Waals surface area contributed by atoms with Crippen LogP contribution in [0.2, 0.25) is 0 Å². The molecule has 2 heterocycles. The van der Waals surface area contributed by atoms with Crippen LogP contribution in [0, 0.1) is 13.8 Å². The predicted octanol–water partition coefficient (Wildman–Crippen LogP) is 5.11. The number of nitrogens with one attached hydrogen (secondary N) is 1. The number of rotatable bonds is 3. The predicted molar refractivity (Wildman–Crippen MR) is 108 cm³/mol. The van der Waals surface area contributed by atoms with Crippen molar-refractivity contribution in [2.24, 2.45) is 0 Å². The standard InChI is InChI=1S/C22H24N4O2/c1-15-11-12-18(16(2)14-15)23-22(27)26-13-7-6-10-19(26)21-24-20(25-28-21)17-8-4-3-5-9-17/h3-5,8-9,11-12,14,19H,6-7,10,13H2,1-2H3,(H,23,27)/t19-/m0/s1. The fourth-order valence-electron chi connectivity index (χ4n) is 3.65. The molecule has 144 valence electrons. The van der Waals surface area contributed by atoms with E-state index in [4.69, 9.17) is 4.52 Å². The van der Waals surface area contributed by atoms with Gasteiger partial charge in [0.15, 0.2) is 0 Å². The second-order valence-electron chi connectivity index (χ2n) is 7.28. The molecule has 2 aromatic carbocycles. The summed E-state index contributed by atoms with van der Waals surface area (Å²) in [5.74, 6) is 1.05. The van der Waals surface area contributed by atoms with Crippen molar-refractivity contribution >= 4 is 11.7 Å². The molecule has 1 saturated heterocycles. The maximum Gasteiger partial charge on any atom is 0.322 e. The first-order valence-corrected chi connectivity index (χ1v) is 9.66. The molecular weight excluding hydrogens is 352 g/mol. The SMILES string of the molecule is Cc1ccc(NC(=O)N2CCCC[C@H]2c2nc(-c3ccccc3)no2)c(C)c1. The lowest BCUT2D eigenvalue weighted by Crippen LogP contribution is -2.41. The molecule has 1 aliphatic rings. The van der Waals surface area contributed by atoms with Crippen molar-refractivity contribution in [3.05, 3.63) is 65.5 Å². The largest absolute Gasteiger partial charge is 0.337 e. The summed E-state index contributed by atoms with van der Waals surface area (Å²) in [4.78, 5) is 19.4. The van der Waals surface area contributed by atoms with Crippen molar-refractivity contribution in [3.63, 3.8) is 0 Å². The van der Waals surface area contributed by atoms with Crippen LogP contribution in [0.4, 0.5) is 10.5 Å². The second-order valence-corrected chi connectivity index (χ2v) is 7.28. The molecule has 1 aliphatic heterocycles. The monoisotopic (exact) mass is 376 g/mol. The molecule has 28 heavy (non-hydrogen) atoms. The zero-order valence-electron chi connectivity index (χ0n) is 16.2. The number of amides is 2. The Hall–Kier alpha value is -3.15. The van der Waals surface area contributed by atoms with E-state index in [2.05, 4.69) is 21.5 Å². The van der Waals surface area contributed by atoms with Gasteiger partial charge in [0.2, 0.25) is 11.7 Å². The molecule has 0 bridgehead atoms. The van der Waals surface area contributed by atoms with Gasteiger partial charge < -0.3 is 14.7 Å². The Labute approximate surface area is 164 Å². The number of hydrogen-bond acceptors (Lipinski definition) is 4. The Bertz CT molecular complexity index is 968. The number of piperidine rings is 1. The van der Waals surface area contributed by atoms with Crippen molar-refractivity contribution in [2.45, 2.75) is 39.2 Å². The van der Waals surface area contributed by atoms with E-state index < -0.39 is 0 Å². The highest BCUT2D eigenvalue weighted by molar-refractivity contribution is 5.90. The molecular formula is C22H24N4O2. The minimum absolute atomic E-state index is 0.129. The Morgan fingerprint density at radius 3 is 2.75 bits per heavy atom. The molecule has 6 nitrogen and oxygen atoms in total. The minimum atomic E-state index is -0.204. The van der Waals surface area contributed by atoms with Gasteiger partial charge in [0.05, 0.1) is 0 Å². The van der Waals surface area contributed by atoms with Gasteiger partial charge in [-0.1, -0.05) is 53.2 Å². The molecule has 1 fully saturated rings. The fourth-order valence-corrected chi connectivity index (χ4v) is 3.65. The number of benzene rings is 2. The summed E-state index contributed by atoms with van der Waals surface area (Å²) in [6, 6.07) is 15.4. The molecule has 0 aliphatic carbocycles. The smallest absolute Gasteiger partial charge is 0.322 e. The van der Waals surface area contributed by atoms with Crippen molar-refractivity contribution in [2.75, 3.05) is 11.9 Å². The number of carbonyl (C=O) groups excluding carboxylic acids is 1. The van der Waals surface area contributed by atoms with Crippen LogP contribution in [0.15, 0.2) is 53.1 Å². The fraction of sp³-hybridized carbons (Fsp3) is 0.318. The molecule has 1 N–H and O–H groups in total. The maximum absolute atomic E-state index is 13.0. The Morgan fingerprint density at radius 1 is 1.14 bits per heavy atom. The molecule has 0 unspecified atom stereocenters. The van der Waals surface area contributed by atoms with E-state index in [1.54, 1.807) is 0 Å². The number of aryl methyl sites for hydroxylation is 2. The van der Waals surface area contributed by atoms with Crippen molar-refractivity contribution in [3.8, 4) is 11.4 Å². The maximum atomic E-state index is 13.0. The van der Waals surface area contributed by atoms with Gasteiger partial charge in [-0.15, -0.1) is 0 Å². The number of urea groups is 1. The summed E-state index contributed by atoms with van der Waals surface area (Å²) in [5.41, 5.74) is 3.95. The van der Waals surface area contributed by atoms with Gasteiger partial charge in [-0.2, -0.15) is 4.98 Å². The third kappa shape index (κ3) is 3.76. The first kappa shape index (κ1) is 18.2. The normalized spacial score (nSPS) is 16.8. The van der Waals surface area contributed by atoms with E-state index in [9.17, 15) is 4.79 Å². The Balaban J connectivity index is 1.55. The number of hydrogen-bond donors (Lipinski definition) is 1. The van der Waals surface area contributed by atoms with E-state index in [0.717, 1.165) is 36.1 Å². The highest BCUT2D eigenvalue weighted by Crippen LogP contribution is 2.32. The van der Waals surface area contributed by atoms with E-state index >= 15 is 0 Å². The zero-order valence-corrected chi connectivity index (χ0v) is 16.2. The summed E-state index contributed by atoms with van der Waals surface area (Å²) in [6.07, 6.45) is 2.81. The molecule has 6 heteroatoms. The molecule has 1 aromatic heterocycles. The van der Waals surface area contributed by atoms with Crippen LogP contribution in [0.3, 0.4) is 0 Å². The van der Waals surface area contributed by atoms with Crippen LogP contribution in [0.25, 0.3) is 11.4 Å². The summed E-state index contributed by atoms with van der Waals surface area (Å²) in [5, 5.41) is 7.16. The number of likely N-dealkylation sites (tertiary alicyclic amines) is 1. The highest BCUT2D eigenvalue weighted by Gasteiger charge is 2.32. The summed E-state index contributed by atoms with van der Waals surface area (Å²) in [7, 11) is 0. The van der Waals surface area contributed by atoms with E-state index in [0.29, 0.717) is 18.3 Å². The number of nitrogens with zero attached hydrogens (tertiary/aromatic N) is 3. The molecule has 0 saturated carbocycles. The molecule has 2 amide bonds. The molecule has 1 atom stereocenters. The molecule has 0 spiro atoms. The molecule has 0 radical (unpaired) electrons. The van der Waals surface area contributed by atoms with E-state index in [-0.39, 0.29) is 12.1 Å². The third-order valence-corrected chi connectivity index (χ3v) is 5.15. The van der Waals surface area contributed by atoms with Crippen LogP contribution < -0.4 is 5.32 Å². The van der Waals surface area contributed by atoms with E-state index in [1.165, 1.54) is 5.56 Å². The van der Waals surface area contributed by atoms with Crippen molar-refractivity contribution in [1.29, 1.82) is 0 Å². The first-order chi connectivity index (χ1) is 13.6. The highest BCUT2D eigenvalue weighted by atomic mass is 16.5. The third-order valence-electron chi connectivity index (χ3n) is 5.15. The summed E-state index contributed by atoms with van der Waals surface area (Å²) in [6.45, 7) is 4.71. The minimum Gasteiger partial charge on any atom is -0.337 e. The lowest BCUT2D eigenvalue weighted by molar-refractivity contribution is 0.142. The van der Waals surface area contributed by atoms with Crippen LogP contribution >= 0.6 is 0 Å². The quantitative estimate of drug-likeness (QED) is 0.689. The summed E-state index contributed by atoms with van der Waals surface area (Å²) < 4.78 is 5.55. The molecule has 4 rings (SSSR count). The molecule has 3 aromatic rings. The average molecular weight is 376 g/mol. The van der Waals surface area contributed by atoms with Crippen molar-refractivity contribution < 1.29 is 9.32 Å². The number of anilines is 1. The van der Waals surface area contributed by atoms with Crippen LogP contribution in [-0.2, 0) is 0 Å². The Morgan fingerprint density at radius 2 is 1.96 bits per heavy atom. The number of aromatic nitrogens is 2. The van der Waals surface area contributed by atoms with Crippen LogP contribution in [0.5, 0.6) is 0 Å². The van der Waals surface area contributed by atoms with Gasteiger partial charge in [-0.05, 0) is 44.7 Å². The van der Waals surface area contributed by atoms with Gasteiger partial charge >= 0.3 is 6.03 Å². The number of carbonyl (C=O) groups is 1. The Kier molecular flexibility index (Phi) is 5.10. The van der Waals surface area contributed by atoms with Gasteiger partial charge in [-0.25, -0.2) is 4.79 Å². The van der Waals surface area contributed by atoms with Gasteiger partial charge in [0, 0.05) is 17.8 Å². The van der Waals surface area contributed by atoms with Crippen LogP contribution in [0.1, 0.15) is 42.3 Å². The summed E-state index contributed by atoms with van der Waals surface area (Å²) >= 11 is 0. The second kappa shape index (κ2) is 7.84. The van der Waals surface area contributed by atoms with Gasteiger partial charge in [0.25, 0.3) is 0 Å². The van der Waals surface area contributed by atoms with Crippen LogP contribution in [-0.4, -0.2) is 27.6 Å². The van der Waals surface area contributed by atoms with Gasteiger partial charge in [-0.3, -0.25) is 0 Å². The van der Waals surface area contributed by atoms with E-state index in [1.807, 2.05) is 61.2 Å². The lowest BCUT2D eigenvalue weighted by Gasteiger charge is -2.33. The van der Waals surface area contributed by atoms with Crippen molar-refractivity contribution in [1.82, 2.24) is 15.0 Å².